The number of nitrogens with one attached hydrogen (secondary N) is 1. The SMILES string of the molecule is COc1cccc(Nc2cc3c(cn2)n(C)c(=O)n3C2CCCC2)c1. The zero-order chi connectivity index (χ0) is 17.4. The third-order valence-electron chi connectivity index (χ3n) is 5.01. The van der Waals surface area contributed by atoms with Crippen molar-refractivity contribution in [3.05, 3.63) is 47.0 Å². The van der Waals surface area contributed by atoms with Gasteiger partial charge in [0.15, 0.2) is 0 Å². The summed E-state index contributed by atoms with van der Waals surface area (Å²) in [7, 11) is 3.46. The maximum Gasteiger partial charge on any atom is 0.329 e. The minimum atomic E-state index is 0.0437. The number of fused-ring (bicyclic) bond motifs is 1. The fourth-order valence-corrected chi connectivity index (χ4v) is 3.69. The molecule has 0 aliphatic heterocycles. The fraction of sp³-hybridized carbons (Fsp3) is 0.368. The molecule has 6 nitrogen and oxygen atoms in total. The predicted molar refractivity (Wildman–Crippen MR) is 98.8 cm³/mol. The highest BCUT2D eigenvalue weighted by Gasteiger charge is 2.23. The highest BCUT2D eigenvalue weighted by Crippen LogP contribution is 2.31. The number of aromatic nitrogens is 3. The number of rotatable bonds is 4. The molecule has 0 bridgehead atoms. The Bertz CT molecular complexity index is 967. The van der Waals surface area contributed by atoms with E-state index in [4.69, 9.17) is 4.74 Å². The van der Waals surface area contributed by atoms with Crippen LogP contribution in [0.15, 0.2) is 41.3 Å². The minimum Gasteiger partial charge on any atom is -0.497 e. The van der Waals surface area contributed by atoms with Gasteiger partial charge in [0.05, 0.1) is 24.3 Å². The lowest BCUT2D eigenvalue weighted by Crippen LogP contribution is -2.24. The Hall–Kier alpha value is -2.76. The van der Waals surface area contributed by atoms with Crippen LogP contribution in [0, 0.1) is 0 Å². The summed E-state index contributed by atoms with van der Waals surface area (Å²) in [4.78, 5) is 17.2. The van der Waals surface area contributed by atoms with Crippen LogP contribution in [-0.4, -0.2) is 21.2 Å². The molecule has 2 heterocycles. The molecule has 2 aromatic heterocycles. The minimum absolute atomic E-state index is 0.0437. The van der Waals surface area contributed by atoms with E-state index in [1.54, 1.807) is 17.9 Å². The van der Waals surface area contributed by atoms with E-state index < -0.39 is 0 Å². The Morgan fingerprint density at radius 1 is 1.20 bits per heavy atom. The molecule has 1 saturated carbocycles. The molecule has 0 atom stereocenters. The molecule has 4 rings (SSSR count). The van der Waals surface area contributed by atoms with Crippen molar-refractivity contribution >= 4 is 22.5 Å². The Kier molecular flexibility index (Phi) is 3.95. The lowest BCUT2D eigenvalue weighted by atomic mass is 10.2. The van der Waals surface area contributed by atoms with Crippen molar-refractivity contribution in [2.45, 2.75) is 31.7 Å². The van der Waals surface area contributed by atoms with Gasteiger partial charge in [0.1, 0.15) is 11.6 Å². The normalized spacial score (nSPS) is 15.0. The van der Waals surface area contributed by atoms with Gasteiger partial charge in [0, 0.05) is 30.9 Å². The van der Waals surface area contributed by atoms with Crippen LogP contribution in [0.1, 0.15) is 31.7 Å². The summed E-state index contributed by atoms with van der Waals surface area (Å²) in [6.45, 7) is 0. The van der Waals surface area contributed by atoms with Gasteiger partial charge in [0.25, 0.3) is 0 Å². The molecule has 3 aromatic rings. The van der Waals surface area contributed by atoms with E-state index in [0.29, 0.717) is 6.04 Å². The third-order valence-corrected chi connectivity index (χ3v) is 5.01. The van der Waals surface area contributed by atoms with Gasteiger partial charge in [0.2, 0.25) is 0 Å². The second-order valence-electron chi connectivity index (χ2n) is 6.57. The van der Waals surface area contributed by atoms with Crippen LogP contribution in [0.4, 0.5) is 11.5 Å². The fourth-order valence-electron chi connectivity index (χ4n) is 3.69. The van der Waals surface area contributed by atoms with Gasteiger partial charge >= 0.3 is 5.69 Å². The summed E-state index contributed by atoms with van der Waals surface area (Å²) < 4.78 is 8.89. The maximum absolute atomic E-state index is 12.7. The van der Waals surface area contributed by atoms with Gasteiger partial charge < -0.3 is 10.1 Å². The van der Waals surface area contributed by atoms with Crippen LogP contribution in [0.25, 0.3) is 11.0 Å². The first kappa shape index (κ1) is 15.7. The highest BCUT2D eigenvalue weighted by molar-refractivity contribution is 5.79. The first-order valence-electron chi connectivity index (χ1n) is 8.65. The summed E-state index contributed by atoms with van der Waals surface area (Å²) in [6.07, 6.45) is 6.28. The molecule has 0 unspecified atom stereocenters. The number of anilines is 2. The van der Waals surface area contributed by atoms with Crippen LogP contribution in [-0.2, 0) is 7.05 Å². The molecule has 0 radical (unpaired) electrons. The van der Waals surface area contributed by atoms with Gasteiger partial charge in [-0.15, -0.1) is 0 Å². The van der Waals surface area contributed by atoms with Crippen molar-refractivity contribution in [1.82, 2.24) is 14.1 Å². The number of hydrogen-bond acceptors (Lipinski definition) is 4. The number of aryl methyl sites for hydroxylation is 1. The Morgan fingerprint density at radius 2 is 2.00 bits per heavy atom. The molecular formula is C19H22N4O2. The molecule has 1 N–H and O–H groups in total. The number of benzene rings is 1. The molecule has 1 aromatic carbocycles. The standard InChI is InChI=1S/C19H22N4O2/c1-22-17-12-20-18(21-13-6-5-9-15(10-13)25-2)11-16(17)23(19(22)24)14-7-3-4-8-14/h5-6,9-12,14H,3-4,7-8H2,1-2H3,(H,20,21). The molecule has 130 valence electrons. The van der Waals surface area contributed by atoms with E-state index in [1.807, 2.05) is 41.9 Å². The number of nitrogens with zero attached hydrogens (tertiary/aromatic N) is 3. The topological polar surface area (TPSA) is 61.1 Å². The van der Waals surface area contributed by atoms with Gasteiger partial charge in [-0.2, -0.15) is 0 Å². The molecule has 6 heteroatoms. The third kappa shape index (κ3) is 2.77. The quantitative estimate of drug-likeness (QED) is 0.789. The number of ether oxygens (including phenoxy) is 1. The van der Waals surface area contributed by atoms with Crippen LogP contribution < -0.4 is 15.7 Å². The van der Waals surface area contributed by atoms with Crippen molar-refractivity contribution in [3.63, 3.8) is 0 Å². The number of imidazole rings is 1. The number of hydrogen-bond donors (Lipinski definition) is 1. The average molecular weight is 338 g/mol. The molecule has 0 amide bonds. The van der Waals surface area contributed by atoms with Gasteiger partial charge in [-0.3, -0.25) is 9.13 Å². The predicted octanol–water partition coefficient (Wildman–Crippen LogP) is 3.60. The smallest absolute Gasteiger partial charge is 0.329 e. The van der Waals surface area contributed by atoms with Gasteiger partial charge in [-0.25, -0.2) is 9.78 Å². The molecule has 0 spiro atoms. The van der Waals surface area contributed by atoms with Crippen molar-refractivity contribution in [2.24, 2.45) is 7.05 Å². The van der Waals surface area contributed by atoms with Crippen molar-refractivity contribution < 1.29 is 4.74 Å². The maximum atomic E-state index is 12.7. The molecular weight excluding hydrogens is 316 g/mol. The molecule has 25 heavy (non-hydrogen) atoms. The monoisotopic (exact) mass is 338 g/mol. The van der Waals surface area contributed by atoms with Gasteiger partial charge in [-0.1, -0.05) is 18.9 Å². The highest BCUT2D eigenvalue weighted by atomic mass is 16.5. The van der Waals surface area contributed by atoms with Crippen LogP contribution >= 0.6 is 0 Å². The summed E-state index contributed by atoms with van der Waals surface area (Å²) in [5.41, 5.74) is 2.76. The van der Waals surface area contributed by atoms with Crippen molar-refractivity contribution in [1.29, 1.82) is 0 Å². The Morgan fingerprint density at radius 3 is 2.76 bits per heavy atom. The van der Waals surface area contributed by atoms with Crippen LogP contribution in [0.3, 0.4) is 0 Å². The number of pyridine rings is 1. The molecule has 1 aliphatic rings. The van der Waals surface area contributed by atoms with Crippen molar-refractivity contribution in [3.8, 4) is 5.75 Å². The first-order chi connectivity index (χ1) is 12.2. The molecule has 0 saturated heterocycles. The van der Waals surface area contributed by atoms with Crippen LogP contribution in [0.2, 0.25) is 0 Å². The van der Waals surface area contributed by atoms with E-state index in [1.165, 1.54) is 12.8 Å². The van der Waals surface area contributed by atoms with E-state index in [2.05, 4.69) is 10.3 Å². The second kappa shape index (κ2) is 6.27. The van der Waals surface area contributed by atoms with E-state index in [-0.39, 0.29) is 5.69 Å². The average Bonchev–Trinajstić information content (AvgIpc) is 3.23. The summed E-state index contributed by atoms with van der Waals surface area (Å²) >= 11 is 0. The summed E-state index contributed by atoms with van der Waals surface area (Å²) in [5, 5.41) is 3.30. The van der Waals surface area contributed by atoms with E-state index in [9.17, 15) is 4.79 Å². The van der Waals surface area contributed by atoms with E-state index >= 15 is 0 Å². The Balaban J connectivity index is 1.76. The van der Waals surface area contributed by atoms with Crippen LogP contribution in [0.5, 0.6) is 5.75 Å². The lowest BCUT2D eigenvalue weighted by molar-refractivity contribution is 0.415. The summed E-state index contributed by atoms with van der Waals surface area (Å²) in [5.74, 6) is 1.51. The van der Waals surface area contributed by atoms with E-state index in [0.717, 1.165) is 41.1 Å². The zero-order valence-corrected chi connectivity index (χ0v) is 14.5. The zero-order valence-electron chi connectivity index (χ0n) is 14.5. The summed E-state index contributed by atoms with van der Waals surface area (Å²) in [6, 6.07) is 9.97. The molecule has 1 aliphatic carbocycles. The molecule has 1 fully saturated rings. The van der Waals surface area contributed by atoms with Crippen molar-refractivity contribution in [2.75, 3.05) is 12.4 Å². The largest absolute Gasteiger partial charge is 0.497 e. The van der Waals surface area contributed by atoms with Gasteiger partial charge in [-0.05, 0) is 25.0 Å². The Labute approximate surface area is 146 Å². The first-order valence-corrected chi connectivity index (χ1v) is 8.65. The second-order valence-corrected chi connectivity index (χ2v) is 6.57. The lowest BCUT2D eigenvalue weighted by Gasteiger charge is -2.12. The number of methoxy groups -OCH3 is 1.